The summed E-state index contributed by atoms with van der Waals surface area (Å²) < 4.78 is 10.2. The molecular formula is C20H18O5S. The molecule has 0 amide bonds. The quantitative estimate of drug-likeness (QED) is 0.459. The second-order valence-electron chi connectivity index (χ2n) is 6.10. The van der Waals surface area contributed by atoms with Crippen molar-refractivity contribution in [2.45, 2.75) is 37.9 Å². The molecule has 1 aliphatic carbocycles. The topological polar surface area (TPSA) is 69.7 Å². The second kappa shape index (κ2) is 7.33. The Morgan fingerprint density at radius 3 is 2.69 bits per heavy atom. The molecule has 1 atom stereocenters. The van der Waals surface area contributed by atoms with Crippen LogP contribution in [0.15, 0.2) is 63.4 Å². The van der Waals surface area contributed by atoms with Gasteiger partial charge in [-0.05, 0) is 18.6 Å². The van der Waals surface area contributed by atoms with E-state index in [1.54, 1.807) is 6.08 Å². The van der Waals surface area contributed by atoms with E-state index in [1.165, 1.54) is 25.6 Å². The van der Waals surface area contributed by atoms with Crippen molar-refractivity contribution in [3.8, 4) is 0 Å². The predicted octanol–water partition coefficient (Wildman–Crippen LogP) is 3.50. The Morgan fingerprint density at radius 1 is 1.23 bits per heavy atom. The molecule has 1 aliphatic heterocycles. The number of fused-ring (bicyclic) bond motifs is 1. The molecule has 0 fully saturated rings. The third-order valence-electron chi connectivity index (χ3n) is 4.01. The highest BCUT2D eigenvalue weighted by molar-refractivity contribution is 8.03. The SMILES string of the molecule is C=C(C)C(=O)OC(C)OC(=O)C1=CCC(=O)C2=C1Sc1ccccc1C2. The first kappa shape index (κ1) is 18.2. The Morgan fingerprint density at radius 2 is 1.96 bits per heavy atom. The first-order valence-corrected chi connectivity index (χ1v) is 8.98. The van der Waals surface area contributed by atoms with Crippen molar-refractivity contribution in [1.29, 1.82) is 0 Å². The molecule has 5 nitrogen and oxygen atoms in total. The predicted molar refractivity (Wildman–Crippen MR) is 97.2 cm³/mol. The van der Waals surface area contributed by atoms with E-state index in [9.17, 15) is 14.4 Å². The summed E-state index contributed by atoms with van der Waals surface area (Å²) >= 11 is 1.39. The van der Waals surface area contributed by atoms with Crippen molar-refractivity contribution in [1.82, 2.24) is 0 Å². The van der Waals surface area contributed by atoms with Gasteiger partial charge in [-0.1, -0.05) is 42.6 Å². The molecule has 26 heavy (non-hydrogen) atoms. The number of ketones is 1. The lowest BCUT2D eigenvalue weighted by Crippen LogP contribution is -2.25. The molecule has 1 aromatic rings. The van der Waals surface area contributed by atoms with E-state index >= 15 is 0 Å². The van der Waals surface area contributed by atoms with Gasteiger partial charge in [-0.3, -0.25) is 4.79 Å². The van der Waals surface area contributed by atoms with Crippen molar-refractivity contribution in [2.75, 3.05) is 0 Å². The molecule has 0 saturated carbocycles. The Balaban J connectivity index is 1.79. The summed E-state index contributed by atoms with van der Waals surface area (Å²) in [5.41, 5.74) is 2.27. The number of benzene rings is 1. The number of esters is 2. The average Bonchev–Trinajstić information content (AvgIpc) is 2.60. The zero-order valence-electron chi connectivity index (χ0n) is 14.5. The van der Waals surface area contributed by atoms with Crippen LogP contribution in [0.1, 0.15) is 25.8 Å². The van der Waals surface area contributed by atoms with E-state index in [-0.39, 0.29) is 17.8 Å². The van der Waals surface area contributed by atoms with E-state index < -0.39 is 18.2 Å². The maximum atomic E-state index is 12.6. The van der Waals surface area contributed by atoms with E-state index in [2.05, 4.69) is 6.58 Å². The summed E-state index contributed by atoms with van der Waals surface area (Å²) in [5, 5.41) is 0. The van der Waals surface area contributed by atoms with E-state index in [0.717, 1.165) is 10.5 Å². The molecule has 1 heterocycles. The normalized spacial score (nSPS) is 16.8. The third-order valence-corrected chi connectivity index (χ3v) is 5.30. The molecule has 134 valence electrons. The van der Waals surface area contributed by atoms with Gasteiger partial charge in [0.1, 0.15) is 0 Å². The Hall–Kier alpha value is -2.60. The summed E-state index contributed by atoms with van der Waals surface area (Å²) in [6.07, 6.45) is 1.20. The zero-order valence-corrected chi connectivity index (χ0v) is 15.4. The standard InChI is InChI=1S/C20H18O5S/c1-11(2)19(22)24-12(3)25-20(23)14-8-9-16(21)15-10-13-6-4-5-7-17(13)26-18(14)15/h4-8,12H,1,9-10H2,2-3H3. The third kappa shape index (κ3) is 3.65. The lowest BCUT2D eigenvalue weighted by Gasteiger charge is -2.26. The number of thioether (sulfide) groups is 1. The highest BCUT2D eigenvalue weighted by Gasteiger charge is 2.32. The highest BCUT2D eigenvalue weighted by Crippen LogP contribution is 2.44. The number of carbonyl (C=O) groups is 3. The van der Waals surface area contributed by atoms with Gasteiger partial charge < -0.3 is 9.47 Å². The van der Waals surface area contributed by atoms with Crippen LogP contribution in [0, 0.1) is 0 Å². The maximum absolute atomic E-state index is 12.6. The van der Waals surface area contributed by atoms with Gasteiger partial charge in [0.2, 0.25) is 6.29 Å². The van der Waals surface area contributed by atoms with Gasteiger partial charge in [0.15, 0.2) is 5.78 Å². The van der Waals surface area contributed by atoms with Gasteiger partial charge in [0, 0.05) is 40.7 Å². The highest BCUT2D eigenvalue weighted by atomic mass is 32.2. The molecule has 3 rings (SSSR count). The number of rotatable bonds is 4. The van der Waals surface area contributed by atoms with Gasteiger partial charge in [0.05, 0.1) is 5.57 Å². The van der Waals surface area contributed by atoms with Crippen LogP contribution >= 0.6 is 11.8 Å². The average molecular weight is 370 g/mol. The van der Waals surface area contributed by atoms with Gasteiger partial charge in [-0.25, -0.2) is 9.59 Å². The molecule has 0 saturated heterocycles. The van der Waals surface area contributed by atoms with E-state index in [1.807, 2.05) is 24.3 Å². The van der Waals surface area contributed by atoms with Crippen LogP contribution in [0.4, 0.5) is 0 Å². The molecule has 0 bridgehead atoms. The first-order valence-electron chi connectivity index (χ1n) is 8.17. The smallest absolute Gasteiger partial charge is 0.342 e. The molecule has 0 spiro atoms. The summed E-state index contributed by atoms with van der Waals surface area (Å²) in [6.45, 7) is 6.46. The molecule has 0 aromatic heterocycles. The Bertz CT molecular complexity index is 878. The number of hydrogen-bond donors (Lipinski definition) is 0. The van der Waals surface area contributed by atoms with Crippen molar-refractivity contribution < 1.29 is 23.9 Å². The van der Waals surface area contributed by atoms with Crippen LogP contribution < -0.4 is 0 Å². The van der Waals surface area contributed by atoms with Gasteiger partial charge >= 0.3 is 11.9 Å². The molecular weight excluding hydrogens is 352 g/mol. The largest absolute Gasteiger partial charge is 0.422 e. The number of Topliss-reactive ketones (excluding diaryl/α,β-unsaturated/α-hetero) is 1. The number of ether oxygens (including phenoxy) is 2. The van der Waals surface area contributed by atoms with Crippen LogP contribution in [0.3, 0.4) is 0 Å². The zero-order chi connectivity index (χ0) is 18.8. The van der Waals surface area contributed by atoms with Crippen LogP contribution in [0.25, 0.3) is 0 Å². The number of hydrogen-bond acceptors (Lipinski definition) is 6. The first-order chi connectivity index (χ1) is 12.4. The maximum Gasteiger partial charge on any atom is 0.342 e. The van der Waals surface area contributed by atoms with Gasteiger partial charge in [0.25, 0.3) is 0 Å². The minimum Gasteiger partial charge on any atom is -0.422 e. The van der Waals surface area contributed by atoms with Crippen molar-refractivity contribution in [3.63, 3.8) is 0 Å². The van der Waals surface area contributed by atoms with Gasteiger partial charge in [-0.15, -0.1) is 0 Å². The van der Waals surface area contributed by atoms with Crippen LogP contribution in [0.5, 0.6) is 0 Å². The summed E-state index contributed by atoms with van der Waals surface area (Å²) in [4.78, 5) is 38.0. The Kier molecular flexibility index (Phi) is 5.13. The molecule has 2 aliphatic rings. The van der Waals surface area contributed by atoms with Crippen LogP contribution in [-0.4, -0.2) is 24.0 Å². The lowest BCUT2D eigenvalue weighted by atomic mass is 9.92. The summed E-state index contributed by atoms with van der Waals surface area (Å²) in [5.74, 6) is -1.22. The van der Waals surface area contributed by atoms with Crippen molar-refractivity contribution >= 4 is 29.5 Å². The second-order valence-corrected chi connectivity index (χ2v) is 7.15. The molecule has 0 radical (unpaired) electrons. The van der Waals surface area contributed by atoms with Gasteiger partial charge in [-0.2, -0.15) is 0 Å². The Labute approximate surface area is 155 Å². The summed E-state index contributed by atoms with van der Waals surface area (Å²) in [6, 6.07) is 7.79. The minimum atomic E-state index is -1.05. The van der Waals surface area contributed by atoms with E-state index in [4.69, 9.17) is 9.47 Å². The summed E-state index contributed by atoms with van der Waals surface area (Å²) in [7, 11) is 0. The molecule has 1 aromatic carbocycles. The van der Waals surface area contributed by atoms with Crippen LogP contribution in [0.2, 0.25) is 0 Å². The monoisotopic (exact) mass is 370 g/mol. The fraction of sp³-hybridized carbons (Fsp3) is 0.250. The molecule has 0 N–H and O–H groups in total. The minimum absolute atomic E-state index is 0.0142. The molecule has 1 unspecified atom stereocenters. The lowest BCUT2D eigenvalue weighted by molar-refractivity contribution is -0.178. The number of allylic oxidation sites excluding steroid dienone is 2. The van der Waals surface area contributed by atoms with E-state index in [0.29, 0.717) is 22.5 Å². The van der Waals surface area contributed by atoms with Crippen molar-refractivity contribution in [2.24, 2.45) is 0 Å². The van der Waals surface area contributed by atoms with Crippen LogP contribution in [-0.2, 0) is 30.3 Å². The fourth-order valence-corrected chi connectivity index (χ4v) is 3.93. The molecule has 6 heteroatoms. The van der Waals surface area contributed by atoms with Crippen molar-refractivity contribution in [3.05, 3.63) is 64.1 Å². The fourth-order valence-electron chi connectivity index (χ4n) is 2.71. The number of carbonyl (C=O) groups excluding carboxylic acids is 3.